The quantitative estimate of drug-likeness (QED) is 0.0446. The average Bonchev–Trinajstić information content (AvgIpc) is 3.21. The van der Waals surface area contributed by atoms with Crippen molar-refractivity contribution in [1.82, 2.24) is 25.9 Å². The van der Waals surface area contributed by atoms with Gasteiger partial charge in [0, 0.05) is 25.9 Å². The van der Waals surface area contributed by atoms with Crippen LogP contribution in [0.3, 0.4) is 0 Å². The molecule has 2 aromatic carbocycles. The highest BCUT2D eigenvalue weighted by molar-refractivity contribution is 6.31. The Labute approximate surface area is 344 Å². The summed E-state index contributed by atoms with van der Waals surface area (Å²) in [7, 11) is 0. The van der Waals surface area contributed by atoms with Crippen molar-refractivity contribution in [3.05, 3.63) is 70.5 Å². The van der Waals surface area contributed by atoms with Gasteiger partial charge in [0.1, 0.15) is 11.5 Å². The van der Waals surface area contributed by atoms with Crippen molar-refractivity contribution in [3.63, 3.8) is 0 Å². The first kappa shape index (κ1) is 45.9. The van der Waals surface area contributed by atoms with Crippen LogP contribution in [0.2, 0.25) is 5.15 Å². The van der Waals surface area contributed by atoms with Gasteiger partial charge in [-0.15, -0.1) is 0 Å². The molecule has 2 heterocycles. The van der Waals surface area contributed by atoms with Crippen LogP contribution in [0.4, 0.5) is 11.6 Å². The van der Waals surface area contributed by atoms with Crippen LogP contribution in [-0.4, -0.2) is 141 Å². The molecular formula is C40H58ClN8O9+. The summed E-state index contributed by atoms with van der Waals surface area (Å²) in [5.74, 6) is 0.154. The Bertz CT molecular complexity index is 1640. The molecule has 0 unspecified atom stereocenters. The average molecular weight is 830 g/mol. The van der Waals surface area contributed by atoms with E-state index in [9.17, 15) is 14.4 Å². The van der Waals surface area contributed by atoms with Crippen LogP contribution in [0.25, 0.3) is 0 Å². The number of aliphatic hydroxyl groups is 2. The fourth-order valence-corrected chi connectivity index (χ4v) is 6.95. The Morgan fingerprint density at radius 2 is 1.28 bits per heavy atom. The lowest BCUT2D eigenvalue weighted by Gasteiger charge is -2.45. The van der Waals surface area contributed by atoms with Gasteiger partial charge < -0.3 is 61.1 Å². The number of quaternary nitrogens is 1. The molecule has 3 amide bonds. The summed E-state index contributed by atoms with van der Waals surface area (Å²) in [5, 5.41) is 26.0. The molecule has 0 spiro atoms. The Balaban J connectivity index is 1.31. The maximum atomic E-state index is 13.3. The Morgan fingerprint density at radius 3 is 1.78 bits per heavy atom. The maximum Gasteiger partial charge on any atom is 0.274 e. The highest BCUT2D eigenvalue weighted by Gasteiger charge is 2.35. The lowest BCUT2D eigenvalue weighted by molar-refractivity contribution is -0.933. The van der Waals surface area contributed by atoms with E-state index in [1.54, 1.807) is 0 Å². The lowest BCUT2D eigenvalue weighted by atomic mass is 9.99. The number of carbonyl (C=O) groups is 3. The number of amides is 3. The number of aryl methyl sites for hydroxylation is 2. The number of nitrogen functional groups attached to an aromatic ring is 2. The van der Waals surface area contributed by atoms with Crippen LogP contribution in [-0.2, 0) is 31.9 Å². The van der Waals surface area contributed by atoms with Gasteiger partial charge in [0.25, 0.3) is 17.7 Å². The third kappa shape index (κ3) is 16.2. The van der Waals surface area contributed by atoms with Gasteiger partial charge in [0.2, 0.25) is 0 Å². The number of rotatable bonds is 26. The minimum absolute atomic E-state index is 0.0331. The predicted octanol–water partition coefficient (Wildman–Crippen LogP) is 1.28. The summed E-state index contributed by atoms with van der Waals surface area (Å²) < 4.78 is 22.4. The molecule has 9 N–H and O–H groups in total. The zero-order valence-electron chi connectivity index (χ0n) is 33.0. The Hall–Kier alpha value is -4.78. The molecule has 3 aromatic rings. The first-order valence-electron chi connectivity index (χ1n) is 19.7. The number of nitrogens with two attached hydrogens (primary N) is 2. The number of halogens is 1. The standard InChI is InChI=1S/C40H57ClN8O9/c41-37-39(43)48-38(42)36(47-37)40(54)46-31-6-3-19-49(26-31,17-1-4-29-7-11-32(12-8-29)57-27-34(52)44-15-22-55-24-20-50)18-2-5-30-9-13-33(14-10-30)58-28-35(53)45-16-23-56-25-21-51/h7-14,31,50-51H,1-6,15-28H2,(H6-,42,43,44,45,46,48,52,53,54)/p+1/t31-/m0/s1. The van der Waals surface area contributed by atoms with E-state index in [0.29, 0.717) is 37.8 Å². The topological polar surface area (TPSA) is 242 Å². The van der Waals surface area contributed by atoms with Crippen molar-refractivity contribution < 1.29 is 48.0 Å². The van der Waals surface area contributed by atoms with Gasteiger partial charge >= 0.3 is 0 Å². The van der Waals surface area contributed by atoms with Crippen LogP contribution in [0.1, 0.15) is 47.3 Å². The Morgan fingerprint density at radius 1 is 0.759 bits per heavy atom. The predicted molar refractivity (Wildman–Crippen MR) is 218 cm³/mol. The van der Waals surface area contributed by atoms with E-state index >= 15 is 0 Å². The number of hydrogen-bond donors (Lipinski definition) is 7. The summed E-state index contributed by atoms with van der Waals surface area (Å²) in [6.07, 6.45) is 5.28. The van der Waals surface area contributed by atoms with Gasteiger partial charge in [-0.2, -0.15) is 0 Å². The van der Waals surface area contributed by atoms with Crippen molar-refractivity contribution >= 4 is 41.0 Å². The number of likely N-dealkylation sites (tertiary alicyclic amines) is 1. The highest BCUT2D eigenvalue weighted by atomic mass is 35.5. The number of aromatic nitrogens is 2. The van der Waals surface area contributed by atoms with Crippen molar-refractivity contribution in [2.75, 3.05) is 104 Å². The van der Waals surface area contributed by atoms with E-state index in [1.165, 1.54) is 0 Å². The van der Waals surface area contributed by atoms with Gasteiger partial charge in [-0.05, 0) is 61.1 Å². The maximum absolute atomic E-state index is 13.3. The number of ether oxygens (including phenoxy) is 4. The van der Waals surface area contributed by atoms with Crippen molar-refractivity contribution in [2.45, 2.75) is 44.6 Å². The number of hydrogen-bond acceptors (Lipinski definition) is 13. The number of benzene rings is 2. The molecule has 1 atom stereocenters. The van der Waals surface area contributed by atoms with E-state index in [2.05, 4.69) is 25.9 Å². The summed E-state index contributed by atoms with van der Waals surface area (Å²) in [4.78, 5) is 45.5. The molecule has 1 aromatic heterocycles. The number of aliphatic hydroxyl groups excluding tert-OH is 2. The zero-order chi connectivity index (χ0) is 41.6. The van der Waals surface area contributed by atoms with Crippen molar-refractivity contribution in [2.24, 2.45) is 0 Å². The van der Waals surface area contributed by atoms with Gasteiger partial charge in [0.05, 0.1) is 71.9 Å². The van der Waals surface area contributed by atoms with Crippen LogP contribution >= 0.6 is 11.6 Å². The minimum Gasteiger partial charge on any atom is -0.484 e. The summed E-state index contributed by atoms with van der Waals surface area (Å²) >= 11 is 6.06. The summed E-state index contributed by atoms with van der Waals surface area (Å²) in [6, 6.07) is 15.4. The number of piperidine rings is 1. The number of anilines is 2. The van der Waals surface area contributed by atoms with E-state index in [1.807, 2.05) is 48.5 Å². The zero-order valence-corrected chi connectivity index (χ0v) is 33.7. The van der Waals surface area contributed by atoms with Gasteiger partial charge in [0.15, 0.2) is 35.7 Å². The van der Waals surface area contributed by atoms with Crippen LogP contribution in [0, 0.1) is 0 Å². The third-order valence-electron chi connectivity index (χ3n) is 9.64. The third-order valence-corrected chi connectivity index (χ3v) is 9.92. The molecule has 1 saturated heterocycles. The molecule has 0 aliphatic carbocycles. The second-order valence-corrected chi connectivity index (χ2v) is 14.4. The molecule has 0 saturated carbocycles. The molecule has 1 fully saturated rings. The van der Waals surface area contributed by atoms with Crippen molar-refractivity contribution in [3.8, 4) is 11.5 Å². The smallest absolute Gasteiger partial charge is 0.274 e. The first-order chi connectivity index (χ1) is 28.1. The first-order valence-corrected chi connectivity index (χ1v) is 20.1. The molecule has 0 bridgehead atoms. The number of nitrogens with zero attached hydrogens (tertiary/aromatic N) is 3. The molecule has 318 valence electrons. The summed E-state index contributed by atoms with van der Waals surface area (Å²) in [5.41, 5.74) is 14.0. The highest BCUT2D eigenvalue weighted by Crippen LogP contribution is 2.25. The summed E-state index contributed by atoms with van der Waals surface area (Å²) in [6.45, 7) is 4.97. The molecule has 4 rings (SSSR count). The normalized spacial score (nSPS) is 14.7. The fraction of sp³-hybridized carbons (Fsp3) is 0.525. The van der Waals surface area contributed by atoms with Gasteiger partial charge in [-0.25, -0.2) is 9.97 Å². The molecule has 1 aliphatic rings. The van der Waals surface area contributed by atoms with E-state index < -0.39 is 5.91 Å². The minimum atomic E-state index is -0.435. The van der Waals surface area contributed by atoms with Crippen LogP contribution in [0.5, 0.6) is 11.5 Å². The number of carbonyl (C=O) groups excluding carboxylic acids is 3. The van der Waals surface area contributed by atoms with Crippen LogP contribution < -0.4 is 36.9 Å². The largest absolute Gasteiger partial charge is 0.484 e. The molecule has 58 heavy (non-hydrogen) atoms. The lowest BCUT2D eigenvalue weighted by Crippen LogP contribution is -2.60. The second kappa shape index (κ2) is 24.9. The van der Waals surface area contributed by atoms with Gasteiger partial charge in [-0.1, -0.05) is 35.9 Å². The van der Waals surface area contributed by atoms with Gasteiger partial charge in [-0.3, -0.25) is 14.4 Å². The SMILES string of the molecule is Nc1nc(N)c(C(=O)N[C@H]2CCC[N+](CCCc3ccc(OCC(=O)NCCOCCO)cc3)(CCCc3ccc(OCC(=O)NCCOCCO)cc3)C2)nc1Cl. The van der Waals surface area contributed by atoms with E-state index in [0.717, 1.165) is 80.3 Å². The second-order valence-electron chi connectivity index (χ2n) is 14.1. The molecular weight excluding hydrogens is 772 g/mol. The van der Waals surface area contributed by atoms with E-state index in [4.69, 9.17) is 52.2 Å². The molecule has 1 aliphatic heterocycles. The number of nitrogens with one attached hydrogen (secondary N) is 3. The monoisotopic (exact) mass is 829 g/mol. The fourth-order valence-electron chi connectivity index (χ4n) is 6.82. The van der Waals surface area contributed by atoms with Crippen LogP contribution in [0.15, 0.2) is 48.5 Å². The molecule has 0 radical (unpaired) electrons. The molecule has 17 nitrogen and oxygen atoms in total. The van der Waals surface area contributed by atoms with Crippen molar-refractivity contribution in [1.29, 1.82) is 0 Å². The Kier molecular flexibility index (Phi) is 19.7. The molecule has 18 heteroatoms. The van der Waals surface area contributed by atoms with E-state index in [-0.39, 0.29) is 80.0 Å².